The van der Waals surface area contributed by atoms with Crippen molar-refractivity contribution in [2.75, 3.05) is 6.54 Å². The van der Waals surface area contributed by atoms with Crippen LogP contribution in [0, 0.1) is 0 Å². The topological polar surface area (TPSA) is 76.4 Å². The molecular formula is C7H15N3O2S. The molecule has 0 saturated carbocycles. The van der Waals surface area contributed by atoms with Gasteiger partial charge < -0.3 is 15.9 Å². The lowest BCUT2D eigenvalue weighted by molar-refractivity contribution is 0.120. The Morgan fingerprint density at radius 2 is 2.23 bits per heavy atom. The Morgan fingerprint density at radius 3 is 2.77 bits per heavy atom. The van der Waals surface area contributed by atoms with Crippen LogP contribution in [0.3, 0.4) is 0 Å². The normalized spacial score (nSPS) is 9.00. The molecule has 0 atom stereocenters. The van der Waals surface area contributed by atoms with Crippen LogP contribution in [0.2, 0.25) is 0 Å². The van der Waals surface area contributed by atoms with Gasteiger partial charge in [0.15, 0.2) is 5.11 Å². The van der Waals surface area contributed by atoms with E-state index in [1.807, 2.05) is 0 Å². The maximum Gasteiger partial charge on any atom is 0.431 e. The minimum atomic E-state index is -0.566. The monoisotopic (exact) mass is 205 g/mol. The summed E-state index contributed by atoms with van der Waals surface area (Å²) in [7, 11) is 0. The molecule has 0 aromatic heterocycles. The number of nitrogens with one attached hydrogen (secondary N) is 2. The lowest BCUT2D eigenvalue weighted by atomic mass is 10.2. The van der Waals surface area contributed by atoms with Gasteiger partial charge >= 0.3 is 6.09 Å². The molecule has 0 aromatic rings. The number of unbranched alkanes of at least 4 members (excludes halogenated alkanes) is 2. The van der Waals surface area contributed by atoms with E-state index in [4.69, 9.17) is 5.73 Å². The molecule has 0 fully saturated rings. The van der Waals surface area contributed by atoms with Crippen molar-refractivity contribution in [2.45, 2.75) is 26.2 Å². The predicted molar refractivity (Wildman–Crippen MR) is 53.9 cm³/mol. The van der Waals surface area contributed by atoms with Crippen molar-refractivity contribution in [2.24, 2.45) is 5.73 Å². The molecule has 6 heteroatoms. The Kier molecular flexibility index (Phi) is 6.99. The summed E-state index contributed by atoms with van der Waals surface area (Å²) in [5.41, 5.74) is 7.12. The van der Waals surface area contributed by atoms with Gasteiger partial charge in [-0.25, -0.2) is 4.79 Å². The van der Waals surface area contributed by atoms with Gasteiger partial charge in [0.2, 0.25) is 0 Å². The Hall–Kier alpha value is -1.04. The summed E-state index contributed by atoms with van der Waals surface area (Å²) in [6, 6.07) is 0. The molecule has 0 unspecified atom stereocenters. The zero-order valence-corrected chi connectivity index (χ0v) is 8.45. The Balaban J connectivity index is 3.25. The number of amides is 1. The molecule has 0 bridgehead atoms. The SMILES string of the molecule is CCCCCNC(=O)ONC(N)=S. The van der Waals surface area contributed by atoms with E-state index in [1.54, 1.807) is 0 Å². The molecule has 0 heterocycles. The second-order valence-corrected chi connectivity index (χ2v) is 2.93. The minimum absolute atomic E-state index is 0.0660. The number of hydrogen-bond donors (Lipinski definition) is 3. The molecule has 0 aliphatic rings. The van der Waals surface area contributed by atoms with Crippen LogP contribution in [0.15, 0.2) is 0 Å². The fraction of sp³-hybridized carbons (Fsp3) is 0.714. The molecule has 4 N–H and O–H groups in total. The first-order valence-electron chi connectivity index (χ1n) is 4.17. The van der Waals surface area contributed by atoms with Gasteiger partial charge in [-0.15, -0.1) is 0 Å². The number of nitrogens with two attached hydrogens (primary N) is 1. The highest BCUT2D eigenvalue weighted by molar-refractivity contribution is 7.80. The van der Waals surface area contributed by atoms with E-state index in [2.05, 4.69) is 34.8 Å². The highest BCUT2D eigenvalue weighted by Crippen LogP contribution is 1.90. The van der Waals surface area contributed by atoms with Crippen molar-refractivity contribution in [3.63, 3.8) is 0 Å². The third-order valence-electron chi connectivity index (χ3n) is 1.29. The van der Waals surface area contributed by atoms with Crippen LogP contribution >= 0.6 is 12.2 Å². The molecule has 13 heavy (non-hydrogen) atoms. The van der Waals surface area contributed by atoms with Crippen molar-refractivity contribution >= 4 is 23.4 Å². The Bertz CT molecular complexity index is 175. The number of hydrogen-bond acceptors (Lipinski definition) is 3. The molecule has 1 amide bonds. The van der Waals surface area contributed by atoms with Gasteiger partial charge in [-0.3, -0.25) is 0 Å². The summed E-state index contributed by atoms with van der Waals surface area (Å²) in [6.45, 7) is 2.69. The van der Waals surface area contributed by atoms with Gasteiger partial charge in [0.05, 0.1) is 0 Å². The molecule has 0 spiro atoms. The lowest BCUT2D eigenvalue weighted by Gasteiger charge is -2.05. The highest BCUT2D eigenvalue weighted by Gasteiger charge is 1.99. The molecular weight excluding hydrogens is 190 g/mol. The third kappa shape index (κ3) is 8.87. The van der Waals surface area contributed by atoms with E-state index < -0.39 is 6.09 Å². The molecule has 0 aliphatic heterocycles. The van der Waals surface area contributed by atoms with E-state index in [0.717, 1.165) is 19.3 Å². The smallest absolute Gasteiger partial charge is 0.374 e. The zero-order valence-electron chi connectivity index (χ0n) is 7.63. The Labute approximate surface area is 83.0 Å². The molecule has 76 valence electrons. The number of rotatable bonds is 4. The quantitative estimate of drug-likeness (QED) is 0.357. The maximum atomic E-state index is 10.8. The molecule has 5 nitrogen and oxygen atoms in total. The first-order valence-corrected chi connectivity index (χ1v) is 4.57. The second kappa shape index (κ2) is 7.60. The zero-order chi connectivity index (χ0) is 10.1. The van der Waals surface area contributed by atoms with Crippen LogP contribution < -0.4 is 16.5 Å². The highest BCUT2D eigenvalue weighted by atomic mass is 32.1. The first kappa shape index (κ1) is 12.0. The van der Waals surface area contributed by atoms with Crippen molar-refractivity contribution in [1.82, 2.24) is 10.8 Å². The molecule has 0 aliphatic carbocycles. The summed E-state index contributed by atoms with van der Waals surface area (Å²) < 4.78 is 0. The summed E-state index contributed by atoms with van der Waals surface area (Å²) in [5.74, 6) is 0. The average molecular weight is 205 g/mol. The van der Waals surface area contributed by atoms with Gasteiger partial charge in [0.25, 0.3) is 0 Å². The van der Waals surface area contributed by atoms with Crippen molar-refractivity contribution in [3.05, 3.63) is 0 Å². The minimum Gasteiger partial charge on any atom is -0.374 e. The van der Waals surface area contributed by atoms with Crippen molar-refractivity contribution in [1.29, 1.82) is 0 Å². The molecule has 0 rings (SSSR count). The van der Waals surface area contributed by atoms with Crippen molar-refractivity contribution in [3.8, 4) is 0 Å². The standard InChI is InChI=1S/C7H15N3O2S/c1-2-3-4-5-9-7(11)12-10-6(8)13/h2-5H2,1H3,(H,9,11)(H3,8,10,13). The maximum absolute atomic E-state index is 10.8. The van der Waals surface area contributed by atoms with Crippen molar-refractivity contribution < 1.29 is 9.63 Å². The second-order valence-electron chi connectivity index (χ2n) is 2.49. The number of carbonyl (C=O) groups excluding carboxylic acids is 1. The van der Waals surface area contributed by atoms with Gasteiger partial charge in [-0.2, -0.15) is 5.48 Å². The molecule has 0 aromatic carbocycles. The van der Waals surface area contributed by atoms with Crippen LogP contribution in [-0.4, -0.2) is 17.8 Å². The number of thiocarbonyl (C=S) groups is 1. The average Bonchev–Trinajstić information content (AvgIpc) is 2.09. The van der Waals surface area contributed by atoms with Crippen LogP contribution in [0.25, 0.3) is 0 Å². The first-order chi connectivity index (χ1) is 6.16. The van der Waals surface area contributed by atoms with Crippen LogP contribution in [-0.2, 0) is 4.84 Å². The van der Waals surface area contributed by atoms with Gasteiger partial charge in [0, 0.05) is 6.54 Å². The van der Waals surface area contributed by atoms with Gasteiger partial charge in [-0.1, -0.05) is 19.8 Å². The van der Waals surface area contributed by atoms with E-state index in [0.29, 0.717) is 6.54 Å². The van der Waals surface area contributed by atoms with Gasteiger partial charge in [0.1, 0.15) is 0 Å². The lowest BCUT2D eigenvalue weighted by Crippen LogP contribution is -2.36. The molecule has 0 saturated heterocycles. The molecule has 0 radical (unpaired) electrons. The predicted octanol–water partition coefficient (Wildman–Crippen LogP) is 0.651. The van der Waals surface area contributed by atoms with Crippen LogP contribution in [0.5, 0.6) is 0 Å². The third-order valence-corrected chi connectivity index (χ3v) is 1.38. The largest absolute Gasteiger partial charge is 0.431 e. The number of carbonyl (C=O) groups is 1. The summed E-state index contributed by atoms with van der Waals surface area (Å²) in [5, 5.41) is 2.47. The fourth-order valence-electron chi connectivity index (χ4n) is 0.698. The van der Waals surface area contributed by atoms with Gasteiger partial charge in [-0.05, 0) is 18.6 Å². The van der Waals surface area contributed by atoms with Crippen LogP contribution in [0.1, 0.15) is 26.2 Å². The van der Waals surface area contributed by atoms with E-state index in [9.17, 15) is 4.79 Å². The van der Waals surface area contributed by atoms with E-state index in [1.165, 1.54) is 0 Å². The van der Waals surface area contributed by atoms with E-state index in [-0.39, 0.29) is 5.11 Å². The summed E-state index contributed by atoms with van der Waals surface area (Å²) in [4.78, 5) is 15.2. The Morgan fingerprint density at radius 1 is 1.54 bits per heavy atom. The summed E-state index contributed by atoms with van der Waals surface area (Å²) >= 11 is 4.43. The summed E-state index contributed by atoms with van der Waals surface area (Å²) in [6.07, 6.45) is 2.58. The van der Waals surface area contributed by atoms with E-state index >= 15 is 0 Å². The number of hydroxylamine groups is 1. The fourth-order valence-corrected chi connectivity index (χ4v) is 0.740. The van der Waals surface area contributed by atoms with Crippen LogP contribution in [0.4, 0.5) is 4.79 Å².